The molecule has 0 aromatic heterocycles. The lowest BCUT2D eigenvalue weighted by Crippen LogP contribution is -2.48. The van der Waals surface area contributed by atoms with Crippen molar-refractivity contribution in [1.82, 2.24) is 10.6 Å². The maximum Gasteiger partial charge on any atom is 0.327 e. The van der Waals surface area contributed by atoms with E-state index in [0.29, 0.717) is 0 Å². The summed E-state index contributed by atoms with van der Waals surface area (Å²) in [6.45, 7) is -0.352. The first-order valence-electron chi connectivity index (χ1n) is 4.66. The zero-order valence-electron chi connectivity index (χ0n) is 9.02. The molecule has 17 heavy (non-hydrogen) atoms. The van der Waals surface area contributed by atoms with Gasteiger partial charge in [-0.3, -0.25) is 19.2 Å². The molecular formula is C8H14N4O5. The highest BCUT2D eigenvalue weighted by Crippen LogP contribution is 1.74. The molecule has 0 aromatic rings. The third kappa shape index (κ3) is 7.88. The van der Waals surface area contributed by atoms with Crippen LogP contribution >= 0.6 is 0 Å². The van der Waals surface area contributed by atoms with Crippen molar-refractivity contribution in [2.24, 2.45) is 11.5 Å². The minimum atomic E-state index is -0.759. The van der Waals surface area contributed by atoms with Crippen molar-refractivity contribution < 1.29 is 23.9 Å². The Bertz CT molecular complexity index is 275. The molecule has 1 heterocycles. The van der Waals surface area contributed by atoms with Gasteiger partial charge in [0.15, 0.2) is 0 Å². The van der Waals surface area contributed by atoms with Gasteiger partial charge in [0.25, 0.3) is 0 Å². The van der Waals surface area contributed by atoms with Crippen LogP contribution in [0.15, 0.2) is 0 Å². The molecule has 2 amide bonds. The van der Waals surface area contributed by atoms with Crippen molar-refractivity contribution in [2.75, 3.05) is 26.2 Å². The lowest BCUT2D eigenvalue weighted by molar-refractivity contribution is -0.157. The smallest absolute Gasteiger partial charge is 0.327 e. The Morgan fingerprint density at radius 2 is 1.35 bits per heavy atom. The summed E-state index contributed by atoms with van der Waals surface area (Å²) in [7, 11) is 0. The molecule has 0 spiro atoms. The molecule has 1 fully saturated rings. The summed E-state index contributed by atoms with van der Waals surface area (Å²) in [6, 6.07) is 0. The second-order valence-corrected chi connectivity index (χ2v) is 2.81. The van der Waals surface area contributed by atoms with Crippen LogP contribution in [0.4, 0.5) is 0 Å². The van der Waals surface area contributed by atoms with Crippen LogP contribution in [-0.2, 0) is 23.9 Å². The van der Waals surface area contributed by atoms with E-state index in [2.05, 4.69) is 15.4 Å². The number of nitrogens with two attached hydrogens (primary N) is 2. The third-order valence-corrected chi connectivity index (χ3v) is 1.45. The molecule has 0 aliphatic carbocycles. The van der Waals surface area contributed by atoms with E-state index < -0.39 is 11.9 Å². The Morgan fingerprint density at radius 1 is 1.00 bits per heavy atom. The van der Waals surface area contributed by atoms with Gasteiger partial charge in [-0.1, -0.05) is 0 Å². The minimum Gasteiger partial charge on any atom is -0.391 e. The zero-order valence-corrected chi connectivity index (χ0v) is 9.02. The average Bonchev–Trinajstić information content (AvgIpc) is 2.33. The van der Waals surface area contributed by atoms with Crippen molar-refractivity contribution in [1.29, 1.82) is 0 Å². The lowest BCUT2D eigenvalue weighted by atomic mass is 10.4. The molecule has 0 saturated carbocycles. The van der Waals surface area contributed by atoms with Crippen LogP contribution in [0.5, 0.6) is 0 Å². The van der Waals surface area contributed by atoms with Crippen molar-refractivity contribution in [3.63, 3.8) is 0 Å². The molecule has 0 atom stereocenters. The average molecular weight is 246 g/mol. The van der Waals surface area contributed by atoms with Gasteiger partial charge in [-0.05, 0) is 0 Å². The summed E-state index contributed by atoms with van der Waals surface area (Å²) in [5, 5.41) is 4.76. The number of ether oxygens (including phenoxy) is 1. The fourth-order valence-corrected chi connectivity index (χ4v) is 0.693. The molecule has 1 rings (SSSR count). The Labute approximate surface area is 96.8 Å². The highest BCUT2D eigenvalue weighted by atomic mass is 16.6. The molecule has 6 N–H and O–H groups in total. The predicted molar refractivity (Wildman–Crippen MR) is 55.2 cm³/mol. The van der Waals surface area contributed by atoms with E-state index in [-0.39, 0.29) is 38.0 Å². The van der Waals surface area contributed by atoms with Crippen LogP contribution in [0.2, 0.25) is 0 Å². The first-order chi connectivity index (χ1) is 7.99. The monoisotopic (exact) mass is 246 g/mol. The molecule has 96 valence electrons. The first kappa shape index (κ1) is 15.0. The fraction of sp³-hybridized carbons (Fsp3) is 0.500. The van der Waals surface area contributed by atoms with Gasteiger partial charge in [-0.15, -0.1) is 0 Å². The number of hydrogen-bond acceptors (Lipinski definition) is 7. The van der Waals surface area contributed by atoms with E-state index >= 15 is 0 Å². The predicted octanol–water partition coefficient (Wildman–Crippen LogP) is -3.79. The van der Waals surface area contributed by atoms with Gasteiger partial charge < -0.3 is 26.8 Å². The molecule has 9 nitrogen and oxygen atoms in total. The van der Waals surface area contributed by atoms with Crippen LogP contribution in [-0.4, -0.2) is 49.9 Å². The third-order valence-electron chi connectivity index (χ3n) is 1.45. The molecule has 0 radical (unpaired) electrons. The molecule has 0 unspecified atom stereocenters. The van der Waals surface area contributed by atoms with E-state index in [4.69, 9.17) is 11.5 Å². The number of carbonyl (C=O) groups is 4. The first-order valence-corrected chi connectivity index (χ1v) is 4.66. The Morgan fingerprint density at radius 3 is 1.59 bits per heavy atom. The van der Waals surface area contributed by atoms with Gasteiger partial charge in [0.2, 0.25) is 11.8 Å². The number of rotatable bonds is 2. The van der Waals surface area contributed by atoms with Gasteiger partial charge in [0, 0.05) is 0 Å². The minimum absolute atomic E-state index is 0.121. The molecule has 1 aliphatic rings. The molecule has 0 aromatic carbocycles. The largest absolute Gasteiger partial charge is 0.391 e. The number of hydrogen-bond donors (Lipinski definition) is 4. The number of carbonyl (C=O) groups excluding carboxylic acids is 4. The van der Waals surface area contributed by atoms with Crippen LogP contribution in [0.1, 0.15) is 0 Å². The topological polar surface area (TPSA) is 154 Å². The van der Waals surface area contributed by atoms with Gasteiger partial charge in [0.05, 0.1) is 26.2 Å². The van der Waals surface area contributed by atoms with Crippen LogP contribution < -0.4 is 22.1 Å². The second-order valence-electron chi connectivity index (χ2n) is 2.81. The summed E-state index contributed by atoms with van der Waals surface area (Å²) >= 11 is 0. The number of piperazine rings is 1. The summed E-state index contributed by atoms with van der Waals surface area (Å²) in [5.41, 5.74) is 9.61. The van der Waals surface area contributed by atoms with Crippen molar-refractivity contribution in [3.8, 4) is 0 Å². The second kappa shape index (κ2) is 8.19. The van der Waals surface area contributed by atoms with Crippen molar-refractivity contribution >= 4 is 23.8 Å². The highest BCUT2D eigenvalue weighted by molar-refractivity contribution is 5.92. The molecular weight excluding hydrogens is 232 g/mol. The Hall–Kier alpha value is -2.00. The van der Waals surface area contributed by atoms with Crippen molar-refractivity contribution in [3.05, 3.63) is 0 Å². The lowest BCUT2D eigenvalue weighted by Gasteiger charge is -2.10. The van der Waals surface area contributed by atoms with E-state index in [1.807, 2.05) is 0 Å². The molecule has 1 aliphatic heterocycles. The number of amides is 2. The van der Waals surface area contributed by atoms with Gasteiger partial charge >= 0.3 is 11.9 Å². The summed E-state index contributed by atoms with van der Waals surface area (Å²) in [6.07, 6.45) is 0. The Balaban J connectivity index is 0.000000302. The quantitative estimate of drug-likeness (QED) is 0.288. The number of esters is 2. The van der Waals surface area contributed by atoms with E-state index in [0.717, 1.165) is 0 Å². The zero-order chi connectivity index (χ0) is 13.3. The summed E-state index contributed by atoms with van der Waals surface area (Å²) < 4.78 is 4.02. The van der Waals surface area contributed by atoms with Crippen molar-refractivity contribution in [2.45, 2.75) is 0 Å². The molecule has 0 bridgehead atoms. The van der Waals surface area contributed by atoms with Gasteiger partial charge in [-0.25, -0.2) is 0 Å². The normalized spacial score (nSPS) is 13.8. The Kier molecular flexibility index (Phi) is 7.22. The van der Waals surface area contributed by atoms with Gasteiger partial charge in [0.1, 0.15) is 0 Å². The highest BCUT2D eigenvalue weighted by Gasteiger charge is 2.11. The van der Waals surface area contributed by atoms with Crippen LogP contribution in [0.25, 0.3) is 0 Å². The SMILES string of the molecule is NCC(=O)OC(=O)CN.O=C1CNC(=O)CN1. The molecule has 9 heteroatoms. The fourth-order valence-electron chi connectivity index (χ4n) is 0.693. The maximum atomic E-state index is 10.3. The van der Waals surface area contributed by atoms with Crippen LogP contribution in [0.3, 0.4) is 0 Å². The van der Waals surface area contributed by atoms with Gasteiger partial charge in [-0.2, -0.15) is 0 Å². The van der Waals surface area contributed by atoms with E-state index in [1.165, 1.54) is 0 Å². The number of nitrogens with one attached hydrogen (secondary N) is 2. The summed E-state index contributed by atoms with van der Waals surface area (Å²) in [4.78, 5) is 40.9. The standard InChI is InChI=1S/C4H8N2O3.C4H6N2O2/c5-1-3(7)9-4(8)2-6;7-3-1-5-4(8)2-6-3/h1-2,5-6H2;1-2H2,(H,5,8)(H,6,7). The van der Waals surface area contributed by atoms with E-state index in [9.17, 15) is 19.2 Å². The van der Waals surface area contributed by atoms with E-state index in [1.54, 1.807) is 0 Å². The maximum absolute atomic E-state index is 10.3. The summed E-state index contributed by atoms with van der Waals surface area (Å²) in [5.74, 6) is -1.76. The van der Waals surface area contributed by atoms with Crippen LogP contribution in [0, 0.1) is 0 Å². The molecule has 1 saturated heterocycles.